The zero-order valence-electron chi connectivity index (χ0n) is 10.1. The summed E-state index contributed by atoms with van der Waals surface area (Å²) in [7, 11) is 0. The lowest BCUT2D eigenvalue weighted by molar-refractivity contribution is 0.700. The van der Waals surface area contributed by atoms with Crippen LogP contribution in [-0.2, 0) is 6.42 Å². The van der Waals surface area contributed by atoms with Crippen molar-refractivity contribution in [3.05, 3.63) is 35.9 Å². The topological polar surface area (TPSA) is 24.1 Å². The Labute approximate surface area is 109 Å². The molecular weight excluding hydrogens is 228 g/mol. The van der Waals surface area contributed by atoms with E-state index in [0.29, 0.717) is 6.04 Å². The molecule has 0 heterocycles. The molecule has 0 radical (unpaired) electrons. The van der Waals surface area contributed by atoms with Gasteiger partial charge in [0.05, 0.1) is 0 Å². The minimum absolute atomic E-state index is 0.652. The molecule has 1 aliphatic carbocycles. The summed E-state index contributed by atoms with van der Waals surface area (Å²) in [5.74, 6) is 0. The van der Waals surface area contributed by atoms with Crippen LogP contribution in [0.15, 0.2) is 30.3 Å². The summed E-state index contributed by atoms with van der Waals surface area (Å²) in [5.41, 5.74) is 1.42. The van der Waals surface area contributed by atoms with Gasteiger partial charge in [-0.05, 0) is 49.9 Å². The van der Waals surface area contributed by atoms with E-state index in [1.54, 1.807) is 0 Å². The summed E-state index contributed by atoms with van der Waals surface area (Å²) in [4.78, 5) is 0. The molecule has 0 aliphatic heterocycles. The maximum absolute atomic E-state index is 5.19. The number of rotatable bonds is 6. The van der Waals surface area contributed by atoms with Crippen LogP contribution < -0.4 is 10.6 Å². The van der Waals surface area contributed by atoms with E-state index in [1.807, 2.05) is 0 Å². The Morgan fingerprint density at radius 2 is 1.94 bits per heavy atom. The van der Waals surface area contributed by atoms with E-state index in [2.05, 4.69) is 41.0 Å². The van der Waals surface area contributed by atoms with E-state index in [0.717, 1.165) is 18.1 Å². The maximum Gasteiger partial charge on any atom is 0.166 e. The van der Waals surface area contributed by atoms with Gasteiger partial charge in [0.1, 0.15) is 0 Å². The first kappa shape index (κ1) is 12.4. The third-order valence-electron chi connectivity index (χ3n) is 2.93. The van der Waals surface area contributed by atoms with Crippen molar-refractivity contribution in [3.63, 3.8) is 0 Å². The Kier molecular flexibility index (Phi) is 4.80. The van der Waals surface area contributed by atoms with Crippen molar-refractivity contribution >= 4 is 17.3 Å². The van der Waals surface area contributed by atoms with E-state index in [1.165, 1.54) is 31.2 Å². The highest BCUT2D eigenvalue weighted by Gasteiger charge is 2.21. The Bertz CT molecular complexity index is 346. The second kappa shape index (κ2) is 6.60. The van der Waals surface area contributed by atoms with Crippen LogP contribution in [-0.4, -0.2) is 17.7 Å². The molecule has 0 spiro atoms. The number of aryl methyl sites for hydroxylation is 1. The van der Waals surface area contributed by atoms with E-state index in [9.17, 15) is 0 Å². The van der Waals surface area contributed by atoms with E-state index in [4.69, 9.17) is 12.2 Å². The minimum Gasteiger partial charge on any atom is -0.363 e. The predicted molar refractivity (Wildman–Crippen MR) is 76.1 cm³/mol. The van der Waals surface area contributed by atoms with Crippen molar-refractivity contribution in [2.45, 2.75) is 38.1 Å². The van der Waals surface area contributed by atoms with E-state index in [-0.39, 0.29) is 0 Å². The molecular formula is C14H20N2S. The molecule has 2 nitrogen and oxygen atoms in total. The molecule has 92 valence electrons. The Balaban J connectivity index is 1.50. The molecule has 0 aromatic heterocycles. The molecule has 0 amide bonds. The molecule has 1 saturated carbocycles. The van der Waals surface area contributed by atoms with Gasteiger partial charge in [-0.3, -0.25) is 0 Å². The lowest BCUT2D eigenvalue weighted by Crippen LogP contribution is -2.36. The molecule has 1 aliphatic rings. The SMILES string of the molecule is S=C(NCCCCc1ccccc1)NC1CC1. The summed E-state index contributed by atoms with van der Waals surface area (Å²) < 4.78 is 0. The second-order valence-corrected chi connectivity index (χ2v) is 5.03. The highest BCUT2D eigenvalue weighted by atomic mass is 32.1. The first-order chi connectivity index (χ1) is 8.34. The van der Waals surface area contributed by atoms with Gasteiger partial charge in [0.2, 0.25) is 0 Å². The van der Waals surface area contributed by atoms with Crippen LogP contribution in [0.4, 0.5) is 0 Å². The summed E-state index contributed by atoms with van der Waals surface area (Å²) >= 11 is 5.19. The Hall–Kier alpha value is -1.09. The average molecular weight is 248 g/mol. The minimum atomic E-state index is 0.652. The van der Waals surface area contributed by atoms with Crippen molar-refractivity contribution < 1.29 is 0 Å². The van der Waals surface area contributed by atoms with Gasteiger partial charge in [-0.1, -0.05) is 30.3 Å². The number of hydrogen-bond donors (Lipinski definition) is 2. The molecule has 3 heteroatoms. The number of benzene rings is 1. The monoisotopic (exact) mass is 248 g/mol. The molecule has 0 atom stereocenters. The standard InChI is InChI=1S/C14H20N2S/c17-14(16-13-9-10-13)15-11-5-4-8-12-6-2-1-3-7-12/h1-3,6-7,13H,4-5,8-11H2,(H2,15,16,17). The quantitative estimate of drug-likeness (QED) is 0.598. The van der Waals surface area contributed by atoms with Crippen LogP contribution in [0.5, 0.6) is 0 Å². The van der Waals surface area contributed by atoms with E-state index < -0.39 is 0 Å². The molecule has 0 saturated heterocycles. The Morgan fingerprint density at radius 3 is 2.65 bits per heavy atom. The highest BCUT2D eigenvalue weighted by molar-refractivity contribution is 7.80. The summed E-state index contributed by atoms with van der Waals surface area (Å²) in [6.07, 6.45) is 6.08. The summed E-state index contributed by atoms with van der Waals surface area (Å²) in [6.45, 7) is 0.978. The zero-order chi connectivity index (χ0) is 11.9. The van der Waals surface area contributed by atoms with Gasteiger partial charge in [-0.15, -0.1) is 0 Å². The van der Waals surface area contributed by atoms with Gasteiger partial charge in [0.15, 0.2) is 5.11 Å². The fourth-order valence-electron chi connectivity index (χ4n) is 1.76. The van der Waals surface area contributed by atoms with Gasteiger partial charge in [0.25, 0.3) is 0 Å². The van der Waals surface area contributed by atoms with Crippen LogP contribution in [0.1, 0.15) is 31.2 Å². The van der Waals surface area contributed by atoms with E-state index >= 15 is 0 Å². The molecule has 2 N–H and O–H groups in total. The third kappa shape index (κ3) is 5.18. The molecule has 1 fully saturated rings. The van der Waals surface area contributed by atoms with Crippen molar-refractivity contribution in [1.82, 2.24) is 10.6 Å². The van der Waals surface area contributed by atoms with Crippen molar-refractivity contribution in [3.8, 4) is 0 Å². The van der Waals surface area contributed by atoms with Gasteiger partial charge < -0.3 is 10.6 Å². The third-order valence-corrected chi connectivity index (χ3v) is 3.20. The fraction of sp³-hybridized carbons (Fsp3) is 0.500. The van der Waals surface area contributed by atoms with Gasteiger partial charge in [0, 0.05) is 12.6 Å². The molecule has 0 unspecified atom stereocenters. The predicted octanol–water partition coefficient (Wildman–Crippen LogP) is 2.64. The smallest absolute Gasteiger partial charge is 0.166 e. The van der Waals surface area contributed by atoms with Crippen LogP contribution in [0, 0.1) is 0 Å². The van der Waals surface area contributed by atoms with Crippen molar-refractivity contribution in [1.29, 1.82) is 0 Å². The number of nitrogens with one attached hydrogen (secondary N) is 2. The largest absolute Gasteiger partial charge is 0.363 e. The lowest BCUT2D eigenvalue weighted by atomic mass is 10.1. The lowest BCUT2D eigenvalue weighted by Gasteiger charge is -2.09. The molecule has 0 bridgehead atoms. The average Bonchev–Trinajstić information content (AvgIpc) is 3.14. The van der Waals surface area contributed by atoms with Crippen molar-refractivity contribution in [2.75, 3.05) is 6.54 Å². The highest BCUT2D eigenvalue weighted by Crippen LogP contribution is 2.18. The fourth-order valence-corrected chi connectivity index (χ4v) is 2.03. The molecule has 2 rings (SSSR count). The Morgan fingerprint density at radius 1 is 1.18 bits per heavy atom. The number of unbranched alkanes of at least 4 members (excludes halogenated alkanes) is 1. The number of thiocarbonyl (C=S) groups is 1. The van der Waals surface area contributed by atoms with Crippen LogP contribution in [0.25, 0.3) is 0 Å². The van der Waals surface area contributed by atoms with Gasteiger partial charge in [-0.25, -0.2) is 0 Å². The van der Waals surface area contributed by atoms with Crippen LogP contribution in [0.3, 0.4) is 0 Å². The molecule has 1 aromatic carbocycles. The first-order valence-corrected chi connectivity index (χ1v) is 6.84. The van der Waals surface area contributed by atoms with Crippen molar-refractivity contribution in [2.24, 2.45) is 0 Å². The molecule has 1 aromatic rings. The normalized spacial score (nSPS) is 14.4. The van der Waals surface area contributed by atoms with Crippen LogP contribution >= 0.6 is 12.2 Å². The molecule has 17 heavy (non-hydrogen) atoms. The maximum atomic E-state index is 5.19. The van der Waals surface area contributed by atoms with Gasteiger partial charge in [-0.2, -0.15) is 0 Å². The van der Waals surface area contributed by atoms with Gasteiger partial charge >= 0.3 is 0 Å². The first-order valence-electron chi connectivity index (χ1n) is 6.43. The summed E-state index contributed by atoms with van der Waals surface area (Å²) in [5, 5.41) is 7.37. The number of hydrogen-bond acceptors (Lipinski definition) is 1. The van der Waals surface area contributed by atoms with Crippen LogP contribution in [0.2, 0.25) is 0 Å². The summed E-state index contributed by atoms with van der Waals surface area (Å²) in [6, 6.07) is 11.3. The zero-order valence-corrected chi connectivity index (χ0v) is 10.9. The second-order valence-electron chi connectivity index (χ2n) is 4.62.